The van der Waals surface area contributed by atoms with Crippen LogP contribution in [0.3, 0.4) is 0 Å². The number of carbonyl (C=O) groups excluding carboxylic acids is 4. The van der Waals surface area contributed by atoms with Gasteiger partial charge in [0.05, 0.1) is 61.2 Å². The molecule has 4 amide bonds. The van der Waals surface area contributed by atoms with Gasteiger partial charge >= 0.3 is 18.3 Å². The van der Waals surface area contributed by atoms with Crippen LogP contribution in [-0.4, -0.2) is 98.3 Å². The molecule has 4 N–H and O–H groups in total. The van der Waals surface area contributed by atoms with Gasteiger partial charge in [-0.15, -0.1) is 0 Å². The van der Waals surface area contributed by atoms with Gasteiger partial charge in [-0.3, -0.25) is 15.1 Å². The van der Waals surface area contributed by atoms with E-state index in [-0.39, 0.29) is 30.5 Å². The lowest BCUT2D eigenvalue weighted by atomic mass is 9.89. The van der Waals surface area contributed by atoms with Crippen LogP contribution >= 0.6 is 0 Å². The van der Waals surface area contributed by atoms with Gasteiger partial charge in [-0.2, -0.15) is 0 Å². The number of rotatable bonds is 9. The van der Waals surface area contributed by atoms with Crippen molar-refractivity contribution in [3.63, 3.8) is 0 Å². The lowest BCUT2D eigenvalue weighted by molar-refractivity contribution is 0.0476. The topological polar surface area (TPSA) is 186 Å². The van der Waals surface area contributed by atoms with E-state index >= 15 is 0 Å². The average molecular weight is 769 g/mol. The number of benzene rings is 2. The lowest BCUT2D eigenvalue weighted by Gasteiger charge is -2.44. The molecule has 0 aliphatic carbocycles. The third-order valence-corrected chi connectivity index (χ3v) is 9.37. The number of ether oxygens (including phenoxy) is 4. The monoisotopic (exact) mass is 768 g/mol. The van der Waals surface area contributed by atoms with Crippen molar-refractivity contribution in [2.24, 2.45) is 5.92 Å². The van der Waals surface area contributed by atoms with Crippen LogP contribution in [0, 0.1) is 5.92 Å². The molecule has 0 bridgehead atoms. The summed E-state index contributed by atoms with van der Waals surface area (Å²) in [7, 11) is 1.28. The highest BCUT2D eigenvalue weighted by Gasteiger charge is 2.38. The fraction of sp³-hybridized carbons (Fsp3) is 0.400. The summed E-state index contributed by atoms with van der Waals surface area (Å²) >= 11 is 0. The highest BCUT2D eigenvalue weighted by molar-refractivity contribution is 6.11. The molecule has 2 aliphatic rings. The number of piperidine rings is 1. The predicted octanol–water partition coefficient (Wildman–Crippen LogP) is 5.54. The van der Waals surface area contributed by atoms with E-state index in [9.17, 15) is 19.2 Å². The summed E-state index contributed by atoms with van der Waals surface area (Å²) in [5.74, 6) is -0.796. The van der Waals surface area contributed by atoms with Crippen molar-refractivity contribution < 1.29 is 38.1 Å². The molecule has 16 heteroatoms. The highest BCUT2D eigenvalue weighted by Crippen LogP contribution is 2.32. The maximum Gasteiger partial charge on any atom is 0.412 e. The SMILES string of the molecule is COC(=O)N[C@H]1[C@@H](C)CN(c2ccncc2NC(=O)c2nc3cc(N4CCOCC4)ccc3cc2NC(=O)OCc2ccccc2)C[C@H]1NC(=O)OC(C)(C)C. The number of nitrogens with zero attached hydrogens (tertiary/aromatic N) is 4. The largest absolute Gasteiger partial charge is 0.453 e. The second-order valence-electron chi connectivity index (χ2n) is 14.7. The molecule has 2 aliphatic heterocycles. The van der Waals surface area contributed by atoms with Gasteiger partial charge in [-0.1, -0.05) is 43.3 Å². The fourth-order valence-corrected chi connectivity index (χ4v) is 6.76. The Morgan fingerprint density at radius 3 is 2.38 bits per heavy atom. The number of alkyl carbamates (subject to hydrolysis) is 2. The average Bonchev–Trinajstić information content (AvgIpc) is 3.18. The Hall–Kier alpha value is -6.16. The number of carbonyl (C=O) groups is 4. The number of nitrogens with one attached hydrogen (secondary N) is 4. The van der Waals surface area contributed by atoms with Crippen molar-refractivity contribution in [1.82, 2.24) is 20.6 Å². The molecule has 296 valence electrons. The normalized spacial score (nSPS) is 18.4. The van der Waals surface area contributed by atoms with Gasteiger partial charge in [0.25, 0.3) is 5.91 Å². The minimum absolute atomic E-state index is 0.0329. The van der Waals surface area contributed by atoms with Crippen molar-refractivity contribution in [3.8, 4) is 0 Å². The van der Waals surface area contributed by atoms with Crippen molar-refractivity contribution in [2.75, 3.05) is 66.9 Å². The van der Waals surface area contributed by atoms with Crippen molar-refractivity contribution in [1.29, 1.82) is 0 Å². The van der Waals surface area contributed by atoms with Gasteiger partial charge in [-0.05, 0) is 56.5 Å². The molecule has 2 fully saturated rings. The van der Waals surface area contributed by atoms with E-state index in [1.807, 2.05) is 60.4 Å². The number of amides is 4. The number of fused-ring (bicyclic) bond motifs is 1. The molecule has 4 aromatic rings. The van der Waals surface area contributed by atoms with Gasteiger partial charge in [0.15, 0.2) is 5.69 Å². The number of aromatic nitrogens is 2. The number of methoxy groups -OCH3 is 1. The van der Waals surface area contributed by atoms with E-state index in [0.29, 0.717) is 42.0 Å². The highest BCUT2D eigenvalue weighted by atomic mass is 16.6. The standard InChI is InChI=1S/C40H48N8O8/c1-25-22-48(23-32(34(25)46-37(50)53-5)45-39(52)56-40(2,3)4)33-13-14-41-21-31(33)43-36(49)35-30(44-38(51)55-24-26-9-7-6-8-10-26)19-27-11-12-28(20-29(27)42-35)47-15-17-54-18-16-47/h6-14,19-21,25,32,34H,15-18,22-24H2,1-5H3,(H,43,49)(H,44,51)(H,45,52)(H,46,50)/t25-,32+,34-/m0/s1. The molecule has 2 saturated heterocycles. The van der Waals surface area contributed by atoms with Gasteiger partial charge in [0, 0.05) is 43.4 Å². The second kappa shape index (κ2) is 17.5. The molecule has 0 unspecified atom stereocenters. The Kier molecular flexibility index (Phi) is 12.4. The molecule has 4 heterocycles. The molecule has 6 rings (SSSR count). The molecule has 2 aromatic heterocycles. The van der Waals surface area contributed by atoms with Crippen LogP contribution in [-0.2, 0) is 25.6 Å². The molecule has 2 aromatic carbocycles. The molecular weight excluding hydrogens is 720 g/mol. The number of pyridine rings is 2. The number of hydrogen-bond donors (Lipinski definition) is 4. The first-order chi connectivity index (χ1) is 26.9. The first-order valence-electron chi connectivity index (χ1n) is 18.5. The second-order valence-corrected chi connectivity index (χ2v) is 14.7. The first kappa shape index (κ1) is 39.5. The van der Waals surface area contributed by atoms with E-state index in [0.717, 1.165) is 24.3 Å². The summed E-state index contributed by atoms with van der Waals surface area (Å²) in [5, 5.41) is 12.2. The van der Waals surface area contributed by atoms with E-state index in [4.69, 9.17) is 23.9 Å². The Morgan fingerprint density at radius 2 is 1.64 bits per heavy atom. The molecule has 0 radical (unpaired) electrons. The summed E-state index contributed by atoms with van der Waals surface area (Å²) < 4.78 is 21.4. The summed E-state index contributed by atoms with van der Waals surface area (Å²) in [5.41, 5.74) is 2.64. The van der Waals surface area contributed by atoms with Crippen LogP contribution in [0.2, 0.25) is 0 Å². The molecule has 16 nitrogen and oxygen atoms in total. The Balaban J connectivity index is 1.28. The van der Waals surface area contributed by atoms with Crippen LogP contribution < -0.4 is 31.1 Å². The van der Waals surface area contributed by atoms with Gasteiger partial charge in [0.2, 0.25) is 0 Å². The number of hydrogen-bond acceptors (Lipinski definition) is 12. The summed E-state index contributed by atoms with van der Waals surface area (Å²) in [4.78, 5) is 65.9. The fourth-order valence-electron chi connectivity index (χ4n) is 6.76. The van der Waals surface area contributed by atoms with Crippen molar-refractivity contribution in [3.05, 3.63) is 84.3 Å². The zero-order valence-electron chi connectivity index (χ0n) is 32.2. The maximum atomic E-state index is 14.3. The number of morpholine rings is 1. The van der Waals surface area contributed by atoms with Gasteiger partial charge in [-0.25, -0.2) is 19.4 Å². The molecule has 56 heavy (non-hydrogen) atoms. The molecular formula is C40H48N8O8. The van der Waals surface area contributed by atoms with E-state index in [1.165, 1.54) is 13.3 Å². The van der Waals surface area contributed by atoms with E-state index in [1.54, 1.807) is 39.1 Å². The minimum atomic E-state index is -0.753. The minimum Gasteiger partial charge on any atom is -0.453 e. The lowest BCUT2D eigenvalue weighted by Crippen LogP contribution is -2.64. The van der Waals surface area contributed by atoms with Crippen molar-refractivity contribution >= 4 is 57.8 Å². The zero-order valence-corrected chi connectivity index (χ0v) is 32.2. The quantitative estimate of drug-likeness (QED) is 0.156. The van der Waals surface area contributed by atoms with Crippen LogP contribution in [0.4, 0.5) is 37.1 Å². The van der Waals surface area contributed by atoms with Crippen LogP contribution in [0.1, 0.15) is 43.7 Å². The van der Waals surface area contributed by atoms with Crippen LogP contribution in [0.5, 0.6) is 0 Å². The predicted molar refractivity (Wildman–Crippen MR) is 211 cm³/mol. The Bertz CT molecular complexity index is 2040. The maximum absolute atomic E-state index is 14.3. The summed E-state index contributed by atoms with van der Waals surface area (Å²) in [6.07, 6.45) is 1.10. The Morgan fingerprint density at radius 1 is 0.875 bits per heavy atom. The smallest absolute Gasteiger partial charge is 0.412 e. The summed E-state index contributed by atoms with van der Waals surface area (Å²) in [6, 6.07) is 17.4. The van der Waals surface area contributed by atoms with Gasteiger partial charge < -0.3 is 44.7 Å². The van der Waals surface area contributed by atoms with Gasteiger partial charge in [0.1, 0.15) is 12.2 Å². The third kappa shape index (κ3) is 10.1. The van der Waals surface area contributed by atoms with Crippen LogP contribution in [0.15, 0.2) is 73.1 Å². The van der Waals surface area contributed by atoms with E-state index in [2.05, 4.69) is 31.2 Å². The molecule has 0 saturated carbocycles. The van der Waals surface area contributed by atoms with E-state index < -0.39 is 41.9 Å². The number of anilines is 4. The third-order valence-electron chi connectivity index (χ3n) is 9.37. The van der Waals surface area contributed by atoms with Crippen LogP contribution in [0.25, 0.3) is 10.9 Å². The summed E-state index contributed by atoms with van der Waals surface area (Å²) in [6.45, 7) is 10.6. The Labute approximate surface area is 325 Å². The molecule has 0 spiro atoms. The molecule has 3 atom stereocenters. The zero-order chi connectivity index (χ0) is 39.8. The van der Waals surface area contributed by atoms with Crippen molar-refractivity contribution in [2.45, 2.75) is 52.0 Å². The first-order valence-corrected chi connectivity index (χ1v) is 18.5.